The topological polar surface area (TPSA) is 108 Å². The lowest BCUT2D eigenvalue weighted by atomic mass is 10.2. The van der Waals surface area contributed by atoms with Crippen molar-refractivity contribution in [1.82, 2.24) is 9.78 Å². The normalized spacial score (nSPS) is 11.2. The molecule has 1 aromatic heterocycles. The number of carbonyl (C=O) groups excluding carboxylic acids is 2. The van der Waals surface area contributed by atoms with Gasteiger partial charge in [0, 0.05) is 16.4 Å². The summed E-state index contributed by atoms with van der Waals surface area (Å²) in [6, 6.07) is 11.8. The molecule has 9 heteroatoms. The largest absolute Gasteiger partial charge is 0.482 e. The number of nitrogen functional groups attached to an aromatic ring is 1. The van der Waals surface area contributed by atoms with Crippen molar-refractivity contribution >= 4 is 34.9 Å². The second-order valence-electron chi connectivity index (χ2n) is 8.15. The first-order valence-electron chi connectivity index (χ1n) is 9.89. The van der Waals surface area contributed by atoms with Gasteiger partial charge in [0.15, 0.2) is 6.61 Å². The van der Waals surface area contributed by atoms with Gasteiger partial charge >= 0.3 is 5.97 Å². The highest BCUT2D eigenvalue weighted by Crippen LogP contribution is 2.23. The SMILES string of the molecule is Cc1c(C(=O)Nc2cc(N)cc(Cl)c2)cnn1-c1ccc(OCC(=O)OC(C)(C)C)cc1. The molecule has 1 heterocycles. The fraction of sp³-hybridized carbons (Fsp3) is 0.261. The fourth-order valence-corrected chi connectivity index (χ4v) is 3.22. The minimum Gasteiger partial charge on any atom is -0.482 e. The number of hydrogen-bond acceptors (Lipinski definition) is 6. The number of halogens is 1. The average molecular weight is 457 g/mol. The first-order valence-corrected chi connectivity index (χ1v) is 10.3. The fourth-order valence-electron chi connectivity index (χ4n) is 2.97. The smallest absolute Gasteiger partial charge is 0.344 e. The van der Waals surface area contributed by atoms with Crippen molar-refractivity contribution in [1.29, 1.82) is 0 Å². The summed E-state index contributed by atoms with van der Waals surface area (Å²) in [5.41, 5.74) is 7.96. The van der Waals surface area contributed by atoms with Gasteiger partial charge in [-0.25, -0.2) is 9.48 Å². The molecule has 8 nitrogen and oxygen atoms in total. The molecule has 3 rings (SSSR count). The van der Waals surface area contributed by atoms with Crippen molar-refractivity contribution in [2.75, 3.05) is 17.7 Å². The molecule has 0 radical (unpaired) electrons. The van der Waals surface area contributed by atoms with Crippen molar-refractivity contribution in [2.24, 2.45) is 0 Å². The van der Waals surface area contributed by atoms with Gasteiger partial charge in [0.2, 0.25) is 0 Å². The molecule has 0 aliphatic heterocycles. The summed E-state index contributed by atoms with van der Waals surface area (Å²) in [6.07, 6.45) is 1.49. The Morgan fingerprint density at radius 2 is 1.84 bits per heavy atom. The molecule has 0 spiro atoms. The standard InChI is InChI=1S/C23H25ClN4O4/c1-14-20(22(30)27-17-10-15(24)9-16(25)11-17)12-26-28(14)18-5-7-19(8-6-18)31-13-21(29)32-23(2,3)4/h5-12H,13,25H2,1-4H3,(H,27,30). The molecule has 0 fully saturated rings. The van der Waals surface area contributed by atoms with Crippen molar-refractivity contribution in [3.8, 4) is 11.4 Å². The zero-order valence-corrected chi connectivity index (χ0v) is 19.1. The molecule has 0 aliphatic rings. The Morgan fingerprint density at radius 1 is 1.16 bits per heavy atom. The highest BCUT2D eigenvalue weighted by Gasteiger charge is 2.18. The second-order valence-corrected chi connectivity index (χ2v) is 8.59. The lowest BCUT2D eigenvalue weighted by Crippen LogP contribution is -2.27. The van der Waals surface area contributed by atoms with E-state index in [-0.39, 0.29) is 12.5 Å². The van der Waals surface area contributed by atoms with Crippen LogP contribution in [-0.2, 0) is 9.53 Å². The van der Waals surface area contributed by atoms with Crippen LogP contribution in [0, 0.1) is 6.92 Å². The first-order chi connectivity index (χ1) is 15.0. The van der Waals surface area contributed by atoms with E-state index >= 15 is 0 Å². The molecular weight excluding hydrogens is 432 g/mol. The molecule has 3 N–H and O–H groups in total. The molecule has 0 saturated carbocycles. The van der Waals surface area contributed by atoms with Crippen molar-refractivity contribution < 1.29 is 19.1 Å². The van der Waals surface area contributed by atoms with Gasteiger partial charge in [-0.05, 0) is 70.2 Å². The first kappa shape index (κ1) is 23.1. The maximum Gasteiger partial charge on any atom is 0.344 e. The van der Waals surface area contributed by atoms with Crippen LogP contribution in [0.1, 0.15) is 36.8 Å². The molecule has 0 unspecified atom stereocenters. The van der Waals surface area contributed by atoms with Crippen LogP contribution in [0.15, 0.2) is 48.7 Å². The molecule has 0 atom stereocenters. The van der Waals surface area contributed by atoms with Gasteiger partial charge in [-0.3, -0.25) is 4.79 Å². The van der Waals surface area contributed by atoms with E-state index in [4.69, 9.17) is 26.8 Å². The number of esters is 1. The summed E-state index contributed by atoms with van der Waals surface area (Å²) in [7, 11) is 0. The number of carbonyl (C=O) groups is 2. The predicted octanol–water partition coefficient (Wildman–Crippen LogP) is 4.39. The summed E-state index contributed by atoms with van der Waals surface area (Å²) >= 11 is 5.99. The van der Waals surface area contributed by atoms with Crippen LogP contribution in [0.4, 0.5) is 11.4 Å². The van der Waals surface area contributed by atoms with Crippen LogP contribution in [0.2, 0.25) is 5.02 Å². The number of nitrogens with zero attached hydrogens (tertiary/aromatic N) is 2. The second kappa shape index (κ2) is 9.32. The van der Waals surface area contributed by atoms with Gasteiger partial charge in [0.25, 0.3) is 5.91 Å². The number of anilines is 2. The van der Waals surface area contributed by atoms with Crippen molar-refractivity contribution in [2.45, 2.75) is 33.3 Å². The molecule has 168 valence electrons. The van der Waals surface area contributed by atoms with Crippen LogP contribution < -0.4 is 15.8 Å². The van der Waals surface area contributed by atoms with Gasteiger partial charge in [-0.15, -0.1) is 0 Å². The number of nitrogens with two attached hydrogens (primary N) is 1. The average Bonchev–Trinajstić information content (AvgIpc) is 3.06. The van der Waals surface area contributed by atoms with Crippen LogP contribution in [0.5, 0.6) is 5.75 Å². The van der Waals surface area contributed by atoms with Crippen molar-refractivity contribution in [3.63, 3.8) is 0 Å². The molecule has 32 heavy (non-hydrogen) atoms. The molecule has 3 aromatic rings. The van der Waals surface area contributed by atoms with E-state index in [9.17, 15) is 9.59 Å². The Labute approximate surface area is 191 Å². The number of ether oxygens (including phenoxy) is 2. The predicted molar refractivity (Wildman–Crippen MR) is 123 cm³/mol. The van der Waals surface area contributed by atoms with Crippen LogP contribution in [0.3, 0.4) is 0 Å². The maximum atomic E-state index is 12.7. The van der Waals surface area contributed by atoms with Gasteiger partial charge in [0.1, 0.15) is 11.4 Å². The zero-order valence-electron chi connectivity index (χ0n) is 18.3. The number of hydrogen-bond donors (Lipinski definition) is 2. The van der Waals surface area contributed by atoms with E-state index in [1.807, 2.05) is 0 Å². The molecule has 0 bridgehead atoms. The van der Waals surface area contributed by atoms with E-state index in [0.29, 0.717) is 33.4 Å². The number of benzene rings is 2. The Kier molecular flexibility index (Phi) is 6.74. The third-order valence-electron chi connectivity index (χ3n) is 4.29. The lowest BCUT2D eigenvalue weighted by molar-refractivity contribution is -0.157. The lowest BCUT2D eigenvalue weighted by Gasteiger charge is -2.19. The maximum absolute atomic E-state index is 12.7. The van der Waals surface area contributed by atoms with E-state index in [1.54, 1.807) is 74.8 Å². The Morgan fingerprint density at radius 3 is 2.47 bits per heavy atom. The highest BCUT2D eigenvalue weighted by molar-refractivity contribution is 6.31. The summed E-state index contributed by atoms with van der Waals surface area (Å²) in [4.78, 5) is 24.5. The van der Waals surface area contributed by atoms with Crippen LogP contribution in [-0.4, -0.2) is 33.9 Å². The minimum absolute atomic E-state index is 0.185. The summed E-state index contributed by atoms with van der Waals surface area (Å²) < 4.78 is 12.3. The molecular formula is C23H25ClN4O4. The van der Waals surface area contributed by atoms with Crippen LogP contribution in [0.25, 0.3) is 5.69 Å². The van der Waals surface area contributed by atoms with E-state index in [1.165, 1.54) is 6.20 Å². The van der Waals surface area contributed by atoms with Crippen LogP contribution >= 0.6 is 11.6 Å². The summed E-state index contributed by atoms with van der Waals surface area (Å²) in [6.45, 7) is 7.00. The van der Waals surface area contributed by atoms with E-state index in [2.05, 4.69) is 10.4 Å². The summed E-state index contributed by atoms with van der Waals surface area (Å²) in [5.74, 6) is -0.254. The van der Waals surface area contributed by atoms with E-state index in [0.717, 1.165) is 5.69 Å². The minimum atomic E-state index is -0.564. The molecule has 2 aromatic carbocycles. The third-order valence-corrected chi connectivity index (χ3v) is 4.51. The van der Waals surface area contributed by atoms with Gasteiger partial charge in [0.05, 0.1) is 23.1 Å². The van der Waals surface area contributed by atoms with Gasteiger partial charge in [-0.2, -0.15) is 5.10 Å². The van der Waals surface area contributed by atoms with Gasteiger partial charge in [-0.1, -0.05) is 11.6 Å². The van der Waals surface area contributed by atoms with Gasteiger partial charge < -0.3 is 20.5 Å². The number of rotatable bonds is 6. The summed E-state index contributed by atoms with van der Waals surface area (Å²) in [5, 5.41) is 7.53. The Hall–Kier alpha value is -3.52. The molecule has 0 aliphatic carbocycles. The number of aromatic nitrogens is 2. The third kappa shape index (κ3) is 6.01. The zero-order chi connectivity index (χ0) is 23.5. The highest BCUT2D eigenvalue weighted by atomic mass is 35.5. The molecule has 0 saturated heterocycles. The molecule has 1 amide bonds. The number of amides is 1. The Balaban J connectivity index is 1.68. The monoisotopic (exact) mass is 456 g/mol. The van der Waals surface area contributed by atoms with E-state index < -0.39 is 11.6 Å². The number of nitrogens with one attached hydrogen (secondary N) is 1. The quantitative estimate of drug-likeness (QED) is 0.420. The Bertz CT molecular complexity index is 1110. The van der Waals surface area contributed by atoms with Crippen molar-refractivity contribution in [3.05, 3.63) is 64.9 Å².